The van der Waals surface area contributed by atoms with E-state index in [-0.39, 0.29) is 34.2 Å². The third-order valence-corrected chi connectivity index (χ3v) is 10.3. The summed E-state index contributed by atoms with van der Waals surface area (Å²) in [7, 11) is 3.38. The monoisotopic (exact) mass is 540 g/mol. The molecule has 0 aromatic heterocycles. The third-order valence-electron chi connectivity index (χ3n) is 10.3. The molecule has 2 bridgehead atoms. The fourth-order valence-electron chi connectivity index (χ4n) is 7.42. The van der Waals surface area contributed by atoms with Gasteiger partial charge < -0.3 is 14.2 Å². The molecule has 2 aliphatic carbocycles. The number of hydrogen-bond donors (Lipinski definition) is 0. The van der Waals surface area contributed by atoms with E-state index >= 15 is 0 Å². The van der Waals surface area contributed by atoms with E-state index in [1.54, 1.807) is 14.2 Å². The van der Waals surface area contributed by atoms with Gasteiger partial charge in [-0.15, -0.1) is 0 Å². The zero-order valence-electron chi connectivity index (χ0n) is 26.4. The minimum absolute atomic E-state index is 0.00762. The fourth-order valence-corrected chi connectivity index (χ4v) is 7.42. The van der Waals surface area contributed by atoms with Crippen molar-refractivity contribution in [3.8, 4) is 11.5 Å². The highest BCUT2D eigenvalue weighted by atomic mass is 16.5. The van der Waals surface area contributed by atoms with Crippen LogP contribution in [0.1, 0.15) is 105 Å². The van der Waals surface area contributed by atoms with Crippen molar-refractivity contribution in [2.24, 2.45) is 27.6 Å². The van der Waals surface area contributed by atoms with Gasteiger partial charge in [0.25, 0.3) is 0 Å². The molecule has 218 valence electrons. The van der Waals surface area contributed by atoms with E-state index in [2.05, 4.69) is 40.7 Å². The van der Waals surface area contributed by atoms with E-state index in [9.17, 15) is 9.59 Å². The molecule has 0 radical (unpaired) electrons. The molecule has 0 amide bonds. The first-order valence-corrected chi connectivity index (χ1v) is 14.6. The van der Waals surface area contributed by atoms with Gasteiger partial charge in [-0.3, -0.25) is 9.59 Å². The van der Waals surface area contributed by atoms with Crippen LogP contribution in [-0.4, -0.2) is 32.1 Å². The summed E-state index contributed by atoms with van der Waals surface area (Å²) in [5.74, 6) is 1.99. The van der Waals surface area contributed by atoms with Crippen molar-refractivity contribution in [3.63, 3.8) is 0 Å². The van der Waals surface area contributed by atoms with Crippen molar-refractivity contribution in [3.05, 3.63) is 34.9 Å². The van der Waals surface area contributed by atoms with Crippen LogP contribution in [0, 0.1) is 34.5 Å². The highest BCUT2D eigenvalue weighted by Crippen LogP contribution is 2.70. The van der Waals surface area contributed by atoms with E-state index in [4.69, 9.17) is 14.2 Å². The summed E-state index contributed by atoms with van der Waals surface area (Å²) in [6.07, 6.45) is 7.61. The van der Waals surface area contributed by atoms with Gasteiger partial charge in [-0.1, -0.05) is 39.3 Å². The topological polar surface area (TPSA) is 61.8 Å². The van der Waals surface area contributed by atoms with Crippen molar-refractivity contribution in [1.82, 2.24) is 0 Å². The maximum atomic E-state index is 13.1. The van der Waals surface area contributed by atoms with Gasteiger partial charge in [0.05, 0.1) is 19.6 Å². The van der Waals surface area contributed by atoms with Gasteiger partial charge >= 0.3 is 5.97 Å². The van der Waals surface area contributed by atoms with E-state index in [1.807, 2.05) is 39.8 Å². The Kier molecular flexibility index (Phi) is 9.04. The Hall–Kier alpha value is -2.30. The first kappa shape index (κ1) is 31.2. The van der Waals surface area contributed by atoms with Gasteiger partial charge in [0.15, 0.2) is 0 Å². The minimum Gasteiger partial charge on any atom is -0.497 e. The third kappa shape index (κ3) is 6.07. The lowest BCUT2D eigenvalue weighted by Gasteiger charge is -2.50. The summed E-state index contributed by atoms with van der Waals surface area (Å²) >= 11 is 0. The first-order valence-electron chi connectivity index (χ1n) is 14.6. The Balaban J connectivity index is 1.90. The van der Waals surface area contributed by atoms with Crippen molar-refractivity contribution in [2.75, 3.05) is 14.2 Å². The lowest BCUT2D eigenvalue weighted by Crippen LogP contribution is -2.44. The Morgan fingerprint density at radius 3 is 2.38 bits per heavy atom. The van der Waals surface area contributed by atoms with Gasteiger partial charge in [-0.25, -0.2) is 0 Å². The predicted molar refractivity (Wildman–Crippen MR) is 157 cm³/mol. The molecule has 0 saturated heterocycles. The normalized spacial score (nSPS) is 27.6. The number of ketones is 1. The van der Waals surface area contributed by atoms with E-state index < -0.39 is 5.41 Å². The number of allylic oxidation sites excluding steroid dienone is 1. The van der Waals surface area contributed by atoms with Gasteiger partial charge in [0, 0.05) is 24.3 Å². The number of benzene rings is 1. The van der Waals surface area contributed by atoms with E-state index in [0.29, 0.717) is 25.0 Å². The average Bonchev–Trinajstić information content (AvgIpc) is 2.92. The van der Waals surface area contributed by atoms with E-state index in [1.165, 1.54) is 5.57 Å². The number of carbonyl (C=O) groups is 2. The number of methoxy groups -OCH3 is 2. The number of fused-ring (bicyclic) bond motifs is 2. The van der Waals surface area contributed by atoms with E-state index in [0.717, 1.165) is 48.3 Å². The number of ether oxygens (including phenoxy) is 3. The maximum Gasteiger partial charge on any atom is 0.311 e. The Morgan fingerprint density at radius 2 is 1.79 bits per heavy atom. The summed E-state index contributed by atoms with van der Waals surface area (Å²) in [6.45, 7) is 19.2. The molecular formula is C34H52O5. The molecule has 5 heteroatoms. The smallest absolute Gasteiger partial charge is 0.311 e. The molecule has 0 heterocycles. The standard InChI is InChI=1S/C34H52O5/c1-22(14-15-24-19-25(37-10)18-23(2)29(24)38-11)17-26(39-30(36)31(3,4)5)20-33(8)21-27-28(35)13-12-16-34(33,9)32(27,6)7/h14,18-19,26-27H,12-13,15-17,20-21H2,1-11H3/b22-14+/t26-,27+,33-,34-/m1/s1. The van der Waals surface area contributed by atoms with Gasteiger partial charge in [0.1, 0.15) is 23.4 Å². The molecule has 0 spiro atoms. The summed E-state index contributed by atoms with van der Waals surface area (Å²) < 4.78 is 17.5. The molecule has 3 rings (SSSR count). The molecule has 0 N–H and O–H groups in total. The summed E-state index contributed by atoms with van der Waals surface area (Å²) in [4.78, 5) is 26.2. The first-order chi connectivity index (χ1) is 18.0. The predicted octanol–water partition coefficient (Wildman–Crippen LogP) is 8.05. The average molecular weight is 541 g/mol. The van der Waals surface area contributed by atoms with Crippen LogP contribution in [0.2, 0.25) is 0 Å². The molecule has 5 nitrogen and oxygen atoms in total. The lowest BCUT2D eigenvalue weighted by molar-refractivity contribution is -0.161. The van der Waals surface area contributed by atoms with Crippen LogP contribution < -0.4 is 9.47 Å². The second-order valence-electron chi connectivity index (χ2n) is 14.3. The molecule has 4 atom stereocenters. The molecule has 2 saturated carbocycles. The van der Waals surface area contributed by atoms with Crippen LogP contribution in [0.3, 0.4) is 0 Å². The maximum absolute atomic E-state index is 13.1. The summed E-state index contributed by atoms with van der Waals surface area (Å²) in [6, 6.07) is 4.00. The van der Waals surface area contributed by atoms with Gasteiger partial charge in [-0.05, 0) is 101 Å². The highest BCUT2D eigenvalue weighted by Gasteiger charge is 2.65. The molecule has 2 fully saturated rings. The molecular weight excluding hydrogens is 488 g/mol. The van der Waals surface area contributed by atoms with Crippen LogP contribution in [-0.2, 0) is 20.7 Å². The quantitative estimate of drug-likeness (QED) is 0.234. The fraction of sp³-hybridized carbons (Fsp3) is 0.706. The zero-order valence-corrected chi connectivity index (χ0v) is 26.4. The Labute approximate surface area is 237 Å². The summed E-state index contributed by atoms with van der Waals surface area (Å²) in [5, 5.41) is 0. The molecule has 0 aliphatic heterocycles. The second-order valence-corrected chi connectivity index (χ2v) is 14.3. The number of carbonyl (C=O) groups excluding carboxylic acids is 2. The highest BCUT2D eigenvalue weighted by molar-refractivity contribution is 5.83. The molecule has 1 aromatic carbocycles. The summed E-state index contributed by atoms with van der Waals surface area (Å²) in [5.41, 5.74) is 2.50. The number of rotatable bonds is 9. The molecule has 2 aliphatic rings. The van der Waals surface area contributed by atoms with Crippen molar-refractivity contribution < 1.29 is 23.8 Å². The number of Topliss-reactive ketones (excluding diaryl/α,β-unsaturated/α-hetero) is 1. The SMILES string of the molecule is COc1cc(C)c(OC)c(C/C=C(\C)C[C@H](C[C@]2(C)C[C@H]3C(=O)CCC[C@]2(C)C3(C)C)OC(=O)C(C)(C)C)c1. The molecule has 39 heavy (non-hydrogen) atoms. The second kappa shape index (κ2) is 11.3. The van der Waals surface area contributed by atoms with Gasteiger partial charge in [0.2, 0.25) is 0 Å². The van der Waals surface area contributed by atoms with Crippen LogP contribution >= 0.6 is 0 Å². The zero-order chi connectivity index (χ0) is 29.4. The molecule has 1 aromatic rings. The van der Waals surface area contributed by atoms with Crippen molar-refractivity contribution in [1.29, 1.82) is 0 Å². The van der Waals surface area contributed by atoms with Crippen LogP contribution in [0.15, 0.2) is 23.8 Å². The number of hydrogen-bond acceptors (Lipinski definition) is 5. The molecule has 0 unspecified atom stereocenters. The van der Waals surface area contributed by atoms with Crippen LogP contribution in [0.5, 0.6) is 11.5 Å². The van der Waals surface area contributed by atoms with Crippen LogP contribution in [0.25, 0.3) is 0 Å². The number of aryl methyl sites for hydroxylation is 1. The lowest BCUT2D eigenvalue weighted by atomic mass is 9.55. The minimum atomic E-state index is -0.579. The van der Waals surface area contributed by atoms with Crippen molar-refractivity contribution >= 4 is 11.8 Å². The van der Waals surface area contributed by atoms with Crippen molar-refractivity contribution in [2.45, 2.75) is 113 Å². The van der Waals surface area contributed by atoms with Crippen LogP contribution in [0.4, 0.5) is 0 Å². The Bertz CT molecular complexity index is 1110. The van der Waals surface area contributed by atoms with Gasteiger partial charge in [-0.2, -0.15) is 0 Å². The number of esters is 1. The Morgan fingerprint density at radius 1 is 1.13 bits per heavy atom. The largest absolute Gasteiger partial charge is 0.497 e.